The third kappa shape index (κ3) is 5.70. The van der Waals surface area contributed by atoms with E-state index >= 15 is 0 Å². The Hall–Kier alpha value is 0.460. The molecule has 0 bridgehead atoms. The van der Waals surface area contributed by atoms with Crippen molar-refractivity contribution in [2.45, 2.75) is 25.4 Å². The predicted molar refractivity (Wildman–Crippen MR) is 60.1 cm³/mol. The van der Waals surface area contributed by atoms with Crippen molar-refractivity contribution < 1.29 is 5.11 Å². The summed E-state index contributed by atoms with van der Waals surface area (Å²) in [5.74, 6) is 0. The van der Waals surface area contributed by atoms with Crippen LogP contribution in [0.4, 0.5) is 0 Å². The lowest BCUT2D eigenvalue weighted by Crippen LogP contribution is -2.48. The zero-order valence-electron chi connectivity index (χ0n) is 8.01. The molecule has 1 rings (SSSR count). The van der Waals surface area contributed by atoms with Gasteiger partial charge >= 0.3 is 0 Å². The number of nitrogens with one attached hydrogen (secondary N) is 2. The van der Waals surface area contributed by atoms with Crippen molar-refractivity contribution >= 4 is 24.8 Å². The molecule has 0 saturated carbocycles. The van der Waals surface area contributed by atoms with Gasteiger partial charge in [-0.2, -0.15) is 0 Å². The van der Waals surface area contributed by atoms with Crippen LogP contribution in [0.25, 0.3) is 0 Å². The molecule has 0 aliphatic carbocycles. The Morgan fingerprint density at radius 3 is 2.31 bits per heavy atom. The predicted octanol–water partition coefficient (Wildman–Crippen LogP) is 0.554. The van der Waals surface area contributed by atoms with Gasteiger partial charge in [-0.25, -0.2) is 0 Å². The summed E-state index contributed by atoms with van der Waals surface area (Å²) in [6.07, 6.45) is 1.75. The van der Waals surface area contributed by atoms with E-state index < -0.39 is 5.60 Å². The van der Waals surface area contributed by atoms with Crippen LogP contribution in [0.15, 0.2) is 0 Å². The summed E-state index contributed by atoms with van der Waals surface area (Å²) in [5.41, 5.74) is -0.443. The topological polar surface area (TPSA) is 44.3 Å². The number of hydrogen-bond acceptors (Lipinski definition) is 3. The number of hydrogen-bond donors (Lipinski definition) is 3. The highest BCUT2D eigenvalue weighted by Gasteiger charge is 2.27. The summed E-state index contributed by atoms with van der Waals surface area (Å²) in [5, 5.41) is 16.3. The second-order valence-electron chi connectivity index (χ2n) is 3.25. The van der Waals surface area contributed by atoms with Crippen LogP contribution in [0.3, 0.4) is 0 Å². The molecule has 0 spiro atoms. The van der Waals surface area contributed by atoms with Gasteiger partial charge < -0.3 is 15.7 Å². The first-order valence-corrected chi connectivity index (χ1v) is 4.41. The van der Waals surface area contributed by atoms with Crippen molar-refractivity contribution in [2.24, 2.45) is 0 Å². The number of rotatable bonds is 3. The van der Waals surface area contributed by atoms with Crippen LogP contribution in [0, 0.1) is 0 Å². The maximum atomic E-state index is 9.90. The molecule has 1 saturated heterocycles. The molecule has 3 nitrogen and oxygen atoms in total. The van der Waals surface area contributed by atoms with Gasteiger partial charge in [0.15, 0.2) is 0 Å². The third-order valence-corrected chi connectivity index (χ3v) is 2.24. The van der Waals surface area contributed by atoms with Crippen molar-refractivity contribution in [1.29, 1.82) is 0 Å². The second-order valence-corrected chi connectivity index (χ2v) is 3.25. The van der Waals surface area contributed by atoms with E-state index in [0.29, 0.717) is 0 Å². The zero-order chi connectivity index (χ0) is 8.16. The molecule has 13 heavy (non-hydrogen) atoms. The number of likely N-dealkylation sites (N-methyl/N-ethyl adjacent to an activating group) is 1. The lowest BCUT2D eigenvalue weighted by molar-refractivity contribution is 0.0117. The van der Waals surface area contributed by atoms with E-state index in [1.165, 1.54) is 0 Å². The summed E-state index contributed by atoms with van der Waals surface area (Å²) in [6, 6.07) is 0. The van der Waals surface area contributed by atoms with Crippen molar-refractivity contribution in [3.63, 3.8) is 0 Å². The Balaban J connectivity index is 0. The van der Waals surface area contributed by atoms with Gasteiger partial charge in [0.25, 0.3) is 0 Å². The van der Waals surface area contributed by atoms with E-state index in [2.05, 4.69) is 17.6 Å². The first-order valence-electron chi connectivity index (χ1n) is 4.41. The Morgan fingerprint density at radius 1 is 1.31 bits per heavy atom. The minimum atomic E-state index is -0.443. The maximum absolute atomic E-state index is 9.90. The van der Waals surface area contributed by atoms with Gasteiger partial charge in [0, 0.05) is 6.54 Å². The molecule has 1 aliphatic heterocycles. The fourth-order valence-corrected chi connectivity index (χ4v) is 1.43. The average Bonchev–Trinajstić information content (AvgIpc) is 2.03. The first kappa shape index (κ1) is 15.9. The molecule has 1 heterocycles. The summed E-state index contributed by atoms with van der Waals surface area (Å²) in [6.45, 7) is 5.63. The zero-order valence-corrected chi connectivity index (χ0v) is 9.64. The van der Waals surface area contributed by atoms with Crippen LogP contribution in [0.2, 0.25) is 0 Å². The van der Waals surface area contributed by atoms with Crippen molar-refractivity contribution in [2.75, 3.05) is 26.2 Å². The van der Waals surface area contributed by atoms with Crippen LogP contribution in [-0.2, 0) is 0 Å². The van der Waals surface area contributed by atoms with Crippen LogP contribution in [0.1, 0.15) is 19.8 Å². The normalized spacial score (nSPS) is 19.8. The lowest BCUT2D eigenvalue weighted by Gasteiger charge is -2.32. The highest BCUT2D eigenvalue weighted by molar-refractivity contribution is 5.85. The van der Waals surface area contributed by atoms with Crippen molar-refractivity contribution in [3.8, 4) is 0 Å². The van der Waals surface area contributed by atoms with E-state index in [1.54, 1.807) is 0 Å². The Kier molecular flexibility index (Phi) is 9.58. The summed E-state index contributed by atoms with van der Waals surface area (Å²) < 4.78 is 0. The standard InChI is InChI=1S/C8H18N2O.2ClH/c1-2-9-7-8(11)3-5-10-6-4-8;;/h9-11H,2-7H2,1H3;2*1H. The molecule has 0 amide bonds. The first-order chi connectivity index (χ1) is 5.27. The second kappa shape index (κ2) is 7.83. The molecular weight excluding hydrogens is 211 g/mol. The lowest BCUT2D eigenvalue weighted by atomic mass is 9.92. The summed E-state index contributed by atoms with van der Waals surface area (Å²) in [7, 11) is 0. The number of aliphatic hydroxyl groups is 1. The summed E-state index contributed by atoms with van der Waals surface area (Å²) in [4.78, 5) is 0. The molecule has 3 N–H and O–H groups in total. The molecule has 0 unspecified atom stereocenters. The highest BCUT2D eigenvalue weighted by Crippen LogP contribution is 2.16. The Morgan fingerprint density at radius 2 is 1.85 bits per heavy atom. The van der Waals surface area contributed by atoms with Crippen LogP contribution in [-0.4, -0.2) is 36.9 Å². The van der Waals surface area contributed by atoms with Gasteiger partial charge in [-0.3, -0.25) is 0 Å². The van der Waals surface area contributed by atoms with E-state index in [-0.39, 0.29) is 24.8 Å². The van der Waals surface area contributed by atoms with E-state index in [0.717, 1.165) is 39.0 Å². The van der Waals surface area contributed by atoms with Crippen LogP contribution >= 0.6 is 24.8 Å². The smallest absolute Gasteiger partial charge is 0.0795 e. The van der Waals surface area contributed by atoms with Gasteiger partial charge in [-0.1, -0.05) is 6.92 Å². The van der Waals surface area contributed by atoms with Gasteiger partial charge in [0.1, 0.15) is 0 Å². The molecule has 82 valence electrons. The van der Waals surface area contributed by atoms with Crippen molar-refractivity contribution in [1.82, 2.24) is 10.6 Å². The monoisotopic (exact) mass is 230 g/mol. The Labute approximate surface area is 92.5 Å². The van der Waals surface area contributed by atoms with E-state index in [9.17, 15) is 5.11 Å². The molecule has 0 atom stereocenters. The van der Waals surface area contributed by atoms with Crippen LogP contribution < -0.4 is 10.6 Å². The van der Waals surface area contributed by atoms with Gasteiger partial charge in [-0.05, 0) is 32.5 Å². The fourth-order valence-electron chi connectivity index (χ4n) is 1.43. The van der Waals surface area contributed by atoms with Crippen molar-refractivity contribution in [3.05, 3.63) is 0 Å². The minimum Gasteiger partial charge on any atom is -0.388 e. The molecule has 1 fully saturated rings. The maximum Gasteiger partial charge on any atom is 0.0795 e. The SMILES string of the molecule is CCNCC1(O)CCNCC1.Cl.Cl. The third-order valence-electron chi connectivity index (χ3n) is 2.24. The molecule has 0 radical (unpaired) electrons. The molecule has 0 aromatic carbocycles. The molecular formula is C8H20Cl2N2O. The van der Waals surface area contributed by atoms with Gasteiger partial charge in [0.2, 0.25) is 0 Å². The molecule has 0 aromatic rings. The van der Waals surface area contributed by atoms with E-state index in [4.69, 9.17) is 0 Å². The fraction of sp³-hybridized carbons (Fsp3) is 1.00. The number of halogens is 2. The van der Waals surface area contributed by atoms with Gasteiger partial charge in [0.05, 0.1) is 5.60 Å². The molecule has 5 heteroatoms. The van der Waals surface area contributed by atoms with Gasteiger partial charge in [-0.15, -0.1) is 24.8 Å². The highest BCUT2D eigenvalue weighted by atomic mass is 35.5. The molecule has 1 aliphatic rings. The summed E-state index contributed by atoms with van der Waals surface area (Å²) >= 11 is 0. The quantitative estimate of drug-likeness (QED) is 0.664. The molecule has 0 aromatic heterocycles. The minimum absolute atomic E-state index is 0. The largest absolute Gasteiger partial charge is 0.388 e. The Bertz CT molecular complexity index is 119. The van der Waals surface area contributed by atoms with Crippen LogP contribution in [0.5, 0.6) is 0 Å². The number of piperidine rings is 1. The average molecular weight is 231 g/mol. The van der Waals surface area contributed by atoms with E-state index in [1.807, 2.05) is 0 Å².